The highest BCUT2D eigenvalue weighted by Gasteiger charge is 2.16. The van der Waals surface area contributed by atoms with Gasteiger partial charge in [-0.25, -0.2) is 0 Å². The molecule has 2 aromatic heterocycles. The molecule has 0 atom stereocenters. The summed E-state index contributed by atoms with van der Waals surface area (Å²) in [5.74, 6) is 1.91. The van der Waals surface area contributed by atoms with Crippen molar-refractivity contribution in [3.63, 3.8) is 0 Å². The monoisotopic (exact) mass is 354 g/mol. The van der Waals surface area contributed by atoms with Crippen molar-refractivity contribution in [3.8, 4) is 23.4 Å². The average Bonchev–Trinajstić information content (AvgIpc) is 2.94. The molecule has 0 spiro atoms. The van der Waals surface area contributed by atoms with Crippen molar-refractivity contribution in [2.45, 2.75) is 6.54 Å². The standard InChI is InChI=1S/C18H18N4O4/c1-24-12-6-11-7-13(8-12)25-4-2-3-5-26-15-9-14-16(17(19)20-15)21-18(23)22(14)10-11/h2-3,6-9H,4-5,10H2,1H3,(H2,19,20)(H,21,23)/b3-2+. The third kappa shape index (κ3) is 2.97. The summed E-state index contributed by atoms with van der Waals surface area (Å²) in [7, 11) is 1.60. The summed E-state index contributed by atoms with van der Waals surface area (Å²) >= 11 is 0. The lowest BCUT2D eigenvalue weighted by atomic mass is 10.2. The van der Waals surface area contributed by atoms with E-state index in [9.17, 15) is 5.11 Å². The number of anilines is 1. The molecule has 1 aliphatic rings. The second-order valence-electron chi connectivity index (χ2n) is 5.82. The Labute approximate surface area is 149 Å². The first-order valence-electron chi connectivity index (χ1n) is 8.08. The van der Waals surface area contributed by atoms with Gasteiger partial charge >= 0.3 is 0 Å². The zero-order chi connectivity index (χ0) is 18.1. The lowest BCUT2D eigenvalue weighted by molar-refractivity contribution is 0.340. The number of imidazole rings is 1. The number of nitrogens with two attached hydrogens (primary N) is 1. The SMILES string of the molecule is COc1cc2cc(c1)OC/C=C/COc1cc3c(nc(O)n3C2)c(N)n1. The van der Waals surface area contributed by atoms with Crippen molar-refractivity contribution < 1.29 is 19.3 Å². The first-order chi connectivity index (χ1) is 12.6. The minimum absolute atomic E-state index is 0.150. The Balaban J connectivity index is 1.88. The van der Waals surface area contributed by atoms with Crippen molar-refractivity contribution in [3.05, 3.63) is 42.0 Å². The van der Waals surface area contributed by atoms with Crippen LogP contribution in [-0.4, -0.2) is 40.0 Å². The van der Waals surface area contributed by atoms with Gasteiger partial charge in [0.1, 0.15) is 30.2 Å². The number of aromatic hydroxyl groups is 1. The Morgan fingerprint density at radius 1 is 1.12 bits per heavy atom. The van der Waals surface area contributed by atoms with Crippen molar-refractivity contribution in [2.75, 3.05) is 26.1 Å². The highest BCUT2D eigenvalue weighted by molar-refractivity contribution is 5.87. The van der Waals surface area contributed by atoms with E-state index in [0.29, 0.717) is 48.2 Å². The van der Waals surface area contributed by atoms with Crippen LogP contribution in [-0.2, 0) is 6.54 Å². The molecule has 4 rings (SSSR count). The maximum absolute atomic E-state index is 10.3. The Bertz CT molecular complexity index is 997. The Hall–Kier alpha value is -3.42. The lowest BCUT2D eigenvalue weighted by Crippen LogP contribution is -2.04. The topological polar surface area (TPSA) is 105 Å². The molecule has 3 N–H and O–H groups in total. The predicted octanol–water partition coefficient (Wildman–Crippen LogP) is 2.10. The lowest BCUT2D eigenvalue weighted by Gasteiger charge is -2.12. The highest BCUT2D eigenvalue weighted by Crippen LogP contribution is 2.30. The minimum Gasteiger partial charge on any atom is -0.497 e. The number of hydrogen-bond acceptors (Lipinski definition) is 7. The van der Waals surface area contributed by atoms with Crippen molar-refractivity contribution in [2.24, 2.45) is 0 Å². The average molecular weight is 354 g/mol. The number of benzene rings is 1. The van der Waals surface area contributed by atoms with Crippen LogP contribution in [0.3, 0.4) is 0 Å². The maximum atomic E-state index is 10.3. The van der Waals surface area contributed by atoms with Crippen LogP contribution in [0.5, 0.6) is 23.4 Å². The molecule has 0 saturated carbocycles. The molecule has 134 valence electrons. The quantitative estimate of drug-likeness (QED) is 0.645. The molecule has 3 aromatic rings. The molecule has 4 bridgehead atoms. The van der Waals surface area contributed by atoms with Crippen LogP contribution in [0.1, 0.15) is 5.56 Å². The third-order valence-electron chi connectivity index (χ3n) is 4.08. The first-order valence-corrected chi connectivity index (χ1v) is 8.08. The molecule has 1 aromatic carbocycles. The maximum Gasteiger partial charge on any atom is 0.295 e. The number of nitrogen functional groups attached to an aromatic ring is 1. The molecule has 3 heterocycles. The Morgan fingerprint density at radius 3 is 2.73 bits per heavy atom. The zero-order valence-electron chi connectivity index (χ0n) is 14.2. The molecule has 0 amide bonds. The van der Waals surface area contributed by atoms with Gasteiger partial charge in [0, 0.05) is 12.1 Å². The largest absolute Gasteiger partial charge is 0.497 e. The van der Waals surface area contributed by atoms with Crippen molar-refractivity contribution >= 4 is 16.9 Å². The van der Waals surface area contributed by atoms with E-state index in [0.717, 1.165) is 5.56 Å². The van der Waals surface area contributed by atoms with Gasteiger partial charge in [-0.2, -0.15) is 9.97 Å². The molecule has 26 heavy (non-hydrogen) atoms. The minimum atomic E-state index is -0.150. The van der Waals surface area contributed by atoms with Crippen molar-refractivity contribution in [1.29, 1.82) is 0 Å². The van der Waals surface area contributed by atoms with Crippen LogP contribution in [0.2, 0.25) is 0 Å². The van der Waals surface area contributed by atoms with Gasteiger partial charge in [0.25, 0.3) is 6.01 Å². The molecule has 0 fully saturated rings. The molecule has 0 aliphatic carbocycles. The van der Waals surface area contributed by atoms with Crippen LogP contribution in [0.25, 0.3) is 11.0 Å². The fourth-order valence-corrected chi connectivity index (χ4v) is 2.86. The summed E-state index contributed by atoms with van der Waals surface area (Å²) in [5, 5.41) is 10.3. The summed E-state index contributed by atoms with van der Waals surface area (Å²) in [6, 6.07) is 7.15. The highest BCUT2D eigenvalue weighted by atomic mass is 16.5. The van der Waals surface area contributed by atoms with E-state index in [2.05, 4.69) is 9.97 Å². The van der Waals surface area contributed by atoms with E-state index in [-0.39, 0.29) is 11.8 Å². The van der Waals surface area contributed by atoms with E-state index in [1.165, 1.54) is 0 Å². The van der Waals surface area contributed by atoms with Crippen LogP contribution < -0.4 is 19.9 Å². The number of methoxy groups -OCH3 is 1. The van der Waals surface area contributed by atoms with E-state index in [4.69, 9.17) is 19.9 Å². The van der Waals surface area contributed by atoms with E-state index in [1.54, 1.807) is 17.7 Å². The van der Waals surface area contributed by atoms with Gasteiger partial charge in [-0.05, 0) is 29.8 Å². The second kappa shape index (κ2) is 6.47. The number of hydrogen-bond donors (Lipinski definition) is 2. The smallest absolute Gasteiger partial charge is 0.295 e. The third-order valence-corrected chi connectivity index (χ3v) is 4.08. The number of pyridine rings is 1. The molecule has 8 nitrogen and oxygen atoms in total. The van der Waals surface area contributed by atoms with Gasteiger partial charge in [0.05, 0.1) is 19.2 Å². The molecule has 0 radical (unpaired) electrons. The van der Waals surface area contributed by atoms with Crippen LogP contribution in [0.15, 0.2) is 36.4 Å². The summed E-state index contributed by atoms with van der Waals surface area (Å²) < 4.78 is 18.3. The molecular formula is C18H18N4O4. The Kier molecular flexibility index (Phi) is 4.00. The number of aromatic nitrogens is 3. The summed E-state index contributed by atoms with van der Waals surface area (Å²) in [6.07, 6.45) is 3.70. The van der Waals surface area contributed by atoms with Gasteiger partial charge < -0.3 is 25.1 Å². The number of fused-ring (bicyclic) bond motifs is 3. The molecule has 1 aliphatic heterocycles. The van der Waals surface area contributed by atoms with Crippen LogP contribution in [0.4, 0.5) is 5.82 Å². The van der Waals surface area contributed by atoms with Gasteiger partial charge in [0.15, 0.2) is 5.82 Å². The van der Waals surface area contributed by atoms with Gasteiger partial charge in [0.2, 0.25) is 5.88 Å². The van der Waals surface area contributed by atoms with E-state index < -0.39 is 0 Å². The van der Waals surface area contributed by atoms with Crippen molar-refractivity contribution in [1.82, 2.24) is 14.5 Å². The zero-order valence-corrected chi connectivity index (χ0v) is 14.2. The fourth-order valence-electron chi connectivity index (χ4n) is 2.86. The molecular weight excluding hydrogens is 336 g/mol. The second-order valence-corrected chi connectivity index (χ2v) is 5.82. The van der Waals surface area contributed by atoms with Gasteiger partial charge in [-0.15, -0.1) is 0 Å². The Morgan fingerprint density at radius 2 is 1.92 bits per heavy atom. The number of nitrogens with zero attached hydrogens (tertiary/aromatic N) is 3. The normalized spacial score (nSPS) is 15.1. The molecule has 0 saturated heterocycles. The van der Waals surface area contributed by atoms with Crippen LogP contribution in [0, 0.1) is 0 Å². The summed E-state index contributed by atoms with van der Waals surface area (Å²) in [5.41, 5.74) is 7.93. The number of ether oxygens (including phenoxy) is 3. The van der Waals surface area contributed by atoms with Gasteiger partial charge in [-0.1, -0.05) is 0 Å². The van der Waals surface area contributed by atoms with Crippen LogP contribution >= 0.6 is 0 Å². The molecule has 0 unspecified atom stereocenters. The van der Waals surface area contributed by atoms with E-state index >= 15 is 0 Å². The fraction of sp³-hybridized carbons (Fsp3) is 0.222. The predicted molar refractivity (Wildman–Crippen MR) is 95.8 cm³/mol. The molecule has 8 heteroatoms. The summed E-state index contributed by atoms with van der Waals surface area (Å²) in [4.78, 5) is 8.31. The van der Waals surface area contributed by atoms with E-state index in [1.807, 2.05) is 30.4 Å². The summed E-state index contributed by atoms with van der Waals surface area (Å²) in [6.45, 7) is 1.07. The number of rotatable bonds is 1. The first kappa shape index (κ1) is 16.1. The van der Waals surface area contributed by atoms with Gasteiger partial charge in [-0.3, -0.25) is 4.57 Å².